The van der Waals surface area contributed by atoms with E-state index < -0.39 is 12.1 Å². The minimum Gasteiger partial charge on any atom is -0.479 e. The summed E-state index contributed by atoms with van der Waals surface area (Å²) in [6, 6.07) is 0. The van der Waals surface area contributed by atoms with E-state index in [1.807, 2.05) is 6.92 Å². The Kier molecular flexibility index (Phi) is 5.77. The van der Waals surface area contributed by atoms with Crippen molar-refractivity contribution in [3.05, 3.63) is 10.4 Å². The van der Waals surface area contributed by atoms with Gasteiger partial charge in [-0.15, -0.1) is 0 Å². The molecule has 1 atom stereocenters. The standard InChI is InChI=1S/C6H11N3O3/c1-2-3-5(6(10)11)12-4-8-9-7/h5H,2-4H2,1H3,(H,10,11). The summed E-state index contributed by atoms with van der Waals surface area (Å²) >= 11 is 0. The van der Waals surface area contributed by atoms with Crippen LogP contribution in [0.5, 0.6) is 0 Å². The van der Waals surface area contributed by atoms with Crippen molar-refractivity contribution in [1.29, 1.82) is 0 Å². The number of carboxylic acids is 1. The lowest BCUT2D eigenvalue weighted by molar-refractivity contribution is -0.150. The van der Waals surface area contributed by atoms with Crippen LogP contribution in [0, 0.1) is 0 Å². The first-order chi connectivity index (χ1) is 5.72. The molecule has 0 fully saturated rings. The predicted molar refractivity (Wildman–Crippen MR) is 41.4 cm³/mol. The highest BCUT2D eigenvalue weighted by molar-refractivity contribution is 5.72. The number of carboxylic acid groups (broad SMARTS) is 1. The van der Waals surface area contributed by atoms with Crippen LogP contribution in [-0.4, -0.2) is 23.9 Å². The highest BCUT2D eigenvalue weighted by Crippen LogP contribution is 2.02. The molecule has 0 amide bonds. The van der Waals surface area contributed by atoms with Gasteiger partial charge < -0.3 is 9.84 Å². The molecule has 0 aromatic carbocycles. The maximum absolute atomic E-state index is 10.4. The first-order valence-electron chi connectivity index (χ1n) is 3.57. The molecule has 0 bridgehead atoms. The molecule has 0 aliphatic heterocycles. The number of azide groups is 1. The third-order valence-electron chi connectivity index (χ3n) is 1.22. The van der Waals surface area contributed by atoms with Gasteiger partial charge in [-0.3, -0.25) is 0 Å². The Labute approximate surface area is 69.8 Å². The molecule has 0 spiro atoms. The van der Waals surface area contributed by atoms with Crippen molar-refractivity contribution in [1.82, 2.24) is 0 Å². The van der Waals surface area contributed by atoms with Crippen molar-refractivity contribution in [2.45, 2.75) is 25.9 Å². The number of rotatable bonds is 6. The summed E-state index contributed by atoms with van der Waals surface area (Å²) < 4.78 is 4.76. The summed E-state index contributed by atoms with van der Waals surface area (Å²) in [6.07, 6.45) is 0.282. The number of aliphatic carboxylic acids is 1. The van der Waals surface area contributed by atoms with Crippen LogP contribution >= 0.6 is 0 Å². The van der Waals surface area contributed by atoms with Gasteiger partial charge in [-0.25, -0.2) is 4.79 Å². The molecule has 6 heteroatoms. The smallest absolute Gasteiger partial charge is 0.332 e. The molecule has 1 unspecified atom stereocenters. The molecule has 0 radical (unpaired) electrons. The topological polar surface area (TPSA) is 95.3 Å². The van der Waals surface area contributed by atoms with E-state index in [1.54, 1.807) is 0 Å². The maximum atomic E-state index is 10.4. The lowest BCUT2D eigenvalue weighted by Crippen LogP contribution is -2.23. The minimum atomic E-state index is -1.02. The highest BCUT2D eigenvalue weighted by Gasteiger charge is 2.15. The van der Waals surface area contributed by atoms with Crippen LogP contribution in [0.25, 0.3) is 10.4 Å². The van der Waals surface area contributed by atoms with Crippen LogP contribution in [-0.2, 0) is 9.53 Å². The first-order valence-corrected chi connectivity index (χ1v) is 3.57. The van der Waals surface area contributed by atoms with E-state index in [1.165, 1.54) is 0 Å². The van der Waals surface area contributed by atoms with Crippen molar-refractivity contribution in [2.24, 2.45) is 5.11 Å². The molecular weight excluding hydrogens is 162 g/mol. The van der Waals surface area contributed by atoms with Crippen molar-refractivity contribution in [3.63, 3.8) is 0 Å². The average Bonchev–Trinajstić information content (AvgIpc) is 2.03. The zero-order valence-corrected chi connectivity index (χ0v) is 6.80. The third-order valence-corrected chi connectivity index (χ3v) is 1.22. The van der Waals surface area contributed by atoms with E-state index in [0.717, 1.165) is 0 Å². The van der Waals surface area contributed by atoms with Gasteiger partial charge in [-0.1, -0.05) is 18.5 Å². The second kappa shape index (κ2) is 6.45. The van der Waals surface area contributed by atoms with Crippen molar-refractivity contribution < 1.29 is 14.6 Å². The van der Waals surface area contributed by atoms with Crippen LogP contribution in [0.15, 0.2) is 5.11 Å². The Bertz CT molecular complexity index is 188. The van der Waals surface area contributed by atoms with E-state index in [2.05, 4.69) is 10.0 Å². The first kappa shape index (κ1) is 10.7. The summed E-state index contributed by atoms with van der Waals surface area (Å²) in [4.78, 5) is 12.9. The van der Waals surface area contributed by atoms with Gasteiger partial charge in [0.15, 0.2) is 6.10 Å². The molecule has 0 saturated heterocycles. The Morgan fingerprint density at radius 1 is 1.83 bits per heavy atom. The summed E-state index contributed by atoms with van der Waals surface area (Å²) in [6.45, 7) is 1.63. The van der Waals surface area contributed by atoms with Crippen LogP contribution < -0.4 is 0 Å². The molecule has 0 rings (SSSR count). The van der Waals surface area contributed by atoms with Gasteiger partial charge in [0.25, 0.3) is 0 Å². The van der Waals surface area contributed by atoms with Crippen LogP contribution in [0.4, 0.5) is 0 Å². The van der Waals surface area contributed by atoms with Gasteiger partial charge in [-0.05, 0) is 12.0 Å². The third kappa shape index (κ3) is 4.54. The summed E-state index contributed by atoms with van der Waals surface area (Å²) in [7, 11) is 0. The predicted octanol–water partition coefficient (Wildman–Crippen LogP) is 1.52. The van der Waals surface area contributed by atoms with E-state index >= 15 is 0 Å². The number of carbonyl (C=O) groups is 1. The largest absolute Gasteiger partial charge is 0.479 e. The fourth-order valence-electron chi connectivity index (χ4n) is 0.689. The highest BCUT2D eigenvalue weighted by atomic mass is 16.5. The van der Waals surface area contributed by atoms with Gasteiger partial charge >= 0.3 is 5.97 Å². The Morgan fingerprint density at radius 2 is 2.50 bits per heavy atom. The molecule has 0 aliphatic carbocycles. The van der Waals surface area contributed by atoms with Gasteiger partial charge in [0.1, 0.15) is 6.73 Å². The number of nitrogens with zero attached hydrogens (tertiary/aromatic N) is 3. The summed E-state index contributed by atoms with van der Waals surface area (Å²) in [5, 5.41) is 11.6. The second-order valence-corrected chi connectivity index (χ2v) is 2.14. The average molecular weight is 173 g/mol. The van der Waals surface area contributed by atoms with Crippen LogP contribution in [0.2, 0.25) is 0 Å². The summed E-state index contributed by atoms with van der Waals surface area (Å²) in [5.41, 5.74) is 7.88. The molecule has 12 heavy (non-hydrogen) atoms. The van der Waals surface area contributed by atoms with Crippen molar-refractivity contribution in [3.8, 4) is 0 Å². The van der Waals surface area contributed by atoms with Crippen LogP contribution in [0.1, 0.15) is 19.8 Å². The molecule has 68 valence electrons. The Balaban J connectivity index is 3.78. The Hall–Kier alpha value is -1.26. The van der Waals surface area contributed by atoms with Gasteiger partial charge in [0.2, 0.25) is 0 Å². The zero-order chi connectivity index (χ0) is 9.40. The molecule has 0 aromatic rings. The Morgan fingerprint density at radius 3 is 2.92 bits per heavy atom. The van der Waals surface area contributed by atoms with E-state index in [4.69, 9.17) is 15.4 Å². The molecule has 0 heterocycles. The minimum absolute atomic E-state index is 0.229. The van der Waals surface area contributed by atoms with Gasteiger partial charge in [0.05, 0.1) is 0 Å². The summed E-state index contributed by atoms with van der Waals surface area (Å²) in [5.74, 6) is -1.02. The fourth-order valence-corrected chi connectivity index (χ4v) is 0.689. The quantitative estimate of drug-likeness (QED) is 0.374. The number of ether oxygens (including phenoxy) is 1. The number of hydrogen-bond donors (Lipinski definition) is 1. The van der Waals surface area contributed by atoms with Gasteiger partial charge in [0, 0.05) is 4.91 Å². The van der Waals surface area contributed by atoms with E-state index in [0.29, 0.717) is 12.8 Å². The molecule has 0 aromatic heterocycles. The van der Waals surface area contributed by atoms with Crippen molar-refractivity contribution in [2.75, 3.05) is 6.73 Å². The maximum Gasteiger partial charge on any atom is 0.332 e. The second-order valence-electron chi connectivity index (χ2n) is 2.14. The van der Waals surface area contributed by atoms with Gasteiger partial charge in [-0.2, -0.15) is 0 Å². The fraction of sp³-hybridized carbons (Fsp3) is 0.833. The van der Waals surface area contributed by atoms with Crippen molar-refractivity contribution >= 4 is 5.97 Å². The molecule has 1 N–H and O–H groups in total. The lowest BCUT2D eigenvalue weighted by atomic mass is 10.2. The SMILES string of the molecule is CCCC(OCN=[N+]=[N-])C(=O)O. The molecule has 0 saturated carbocycles. The van der Waals surface area contributed by atoms with E-state index in [-0.39, 0.29) is 6.73 Å². The zero-order valence-electron chi connectivity index (χ0n) is 6.80. The van der Waals surface area contributed by atoms with Crippen LogP contribution in [0.3, 0.4) is 0 Å². The molecule has 0 aliphatic rings. The van der Waals surface area contributed by atoms with E-state index in [9.17, 15) is 4.79 Å². The lowest BCUT2D eigenvalue weighted by Gasteiger charge is -2.09. The number of hydrogen-bond acceptors (Lipinski definition) is 3. The molecular formula is C6H11N3O3. The normalized spacial score (nSPS) is 11.8. The molecule has 6 nitrogen and oxygen atoms in total. The monoisotopic (exact) mass is 173 g/mol.